The van der Waals surface area contributed by atoms with E-state index in [1.165, 1.54) is 56.4 Å². The SMILES string of the molecule is CC1=[N+](c2ccccc2-c2ccccc2)C2[N+](c3ccccc3-c3ccccc3)=C(C)c3cccc1[n+]32. The Morgan fingerprint density at radius 3 is 1.30 bits per heavy atom. The average molecular weight is 479 g/mol. The van der Waals surface area contributed by atoms with E-state index >= 15 is 0 Å². The minimum Gasteiger partial charge on any atom is -0.0648 e. The summed E-state index contributed by atoms with van der Waals surface area (Å²) in [6.45, 7) is 4.50. The molecule has 0 unspecified atom stereocenters. The van der Waals surface area contributed by atoms with Crippen LogP contribution in [-0.4, -0.2) is 20.6 Å². The maximum absolute atomic E-state index is 2.51. The van der Waals surface area contributed by atoms with E-state index in [-0.39, 0.29) is 6.29 Å². The Balaban J connectivity index is 1.49. The second-order valence-corrected chi connectivity index (χ2v) is 9.69. The van der Waals surface area contributed by atoms with Gasteiger partial charge in [0.25, 0.3) is 22.8 Å². The normalized spacial score (nSPS) is 14.4. The highest BCUT2D eigenvalue weighted by molar-refractivity contribution is 5.97. The molecule has 0 N–H and O–H groups in total. The van der Waals surface area contributed by atoms with Gasteiger partial charge in [-0.05, 0) is 29.3 Å². The van der Waals surface area contributed by atoms with Crippen LogP contribution in [0.3, 0.4) is 0 Å². The molecule has 0 bridgehead atoms. The van der Waals surface area contributed by atoms with Gasteiger partial charge in [0.15, 0.2) is 0 Å². The van der Waals surface area contributed by atoms with Crippen molar-refractivity contribution in [3.8, 4) is 22.3 Å². The van der Waals surface area contributed by atoms with Crippen molar-refractivity contribution in [1.82, 2.24) is 0 Å². The molecule has 2 aliphatic rings. The van der Waals surface area contributed by atoms with Crippen LogP contribution in [0, 0.1) is 0 Å². The van der Waals surface area contributed by atoms with Gasteiger partial charge in [0.1, 0.15) is 0 Å². The fourth-order valence-electron chi connectivity index (χ4n) is 6.00. The largest absolute Gasteiger partial charge is 0.555 e. The van der Waals surface area contributed by atoms with Gasteiger partial charge in [0.05, 0.1) is 11.1 Å². The number of nitrogens with zero attached hydrogens (tertiary/aromatic N) is 3. The summed E-state index contributed by atoms with van der Waals surface area (Å²) in [6.07, 6.45) is -0.0269. The molecule has 0 amide bonds. The van der Waals surface area contributed by atoms with Crippen molar-refractivity contribution in [2.24, 2.45) is 0 Å². The predicted octanol–water partition coefficient (Wildman–Crippen LogP) is 7.10. The van der Waals surface area contributed by atoms with Crippen molar-refractivity contribution >= 4 is 22.8 Å². The lowest BCUT2D eigenvalue weighted by Gasteiger charge is -2.10. The summed E-state index contributed by atoms with van der Waals surface area (Å²) in [5.41, 5.74) is 12.4. The van der Waals surface area contributed by atoms with Crippen molar-refractivity contribution in [1.29, 1.82) is 0 Å². The number of hydrogen-bond donors (Lipinski definition) is 0. The molecule has 4 aromatic carbocycles. The van der Waals surface area contributed by atoms with Gasteiger partial charge in [-0.25, -0.2) is 0 Å². The van der Waals surface area contributed by atoms with E-state index in [2.05, 4.69) is 155 Å². The van der Waals surface area contributed by atoms with Gasteiger partial charge in [0.2, 0.25) is 11.4 Å². The lowest BCUT2D eigenvalue weighted by Crippen LogP contribution is -2.45. The van der Waals surface area contributed by atoms with E-state index < -0.39 is 0 Å². The summed E-state index contributed by atoms with van der Waals surface area (Å²) in [5.74, 6) is 0. The molecular weight excluding hydrogens is 450 g/mol. The lowest BCUT2D eigenvalue weighted by atomic mass is 10.0. The first kappa shape index (κ1) is 21.6. The molecule has 3 nitrogen and oxygen atoms in total. The fraction of sp³-hybridized carbons (Fsp3) is 0.0882. The molecular formula is C34H28N3+3. The van der Waals surface area contributed by atoms with E-state index in [1.807, 2.05) is 0 Å². The zero-order chi connectivity index (χ0) is 24.9. The van der Waals surface area contributed by atoms with Gasteiger partial charge in [-0.15, -0.1) is 0 Å². The molecule has 5 aromatic rings. The monoisotopic (exact) mass is 478 g/mol. The van der Waals surface area contributed by atoms with Crippen LogP contribution in [-0.2, 0) is 0 Å². The molecule has 0 fully saturated rings. The maximum Gasteiger partial charge on any atom is 0.555 e. The molecule has 3 heterocycles. The summed E-state index contributed by atoms with van der Waals surface area (Å²) in [4.78, 5) is 0. The molecule has 0 saturated carbocycles. The number of pyridine rings is 1. The number of benzene rings is 4. The van der Waals surface area contributed by atoms with Gasteiger partial charge in [-0.2, -0.15) is 0 Å². The standard InChI is InChI=1S/C34H28N3/c1-24-30-22-13-23-31-25(2)36(33-21-12-10-19-29(33)27-16-7-4-8-17-27)34(37(30)31)35(24)32-20-11-9-18-28(32)26-14-5-3-6-15-26/h3-23,34H,1-2H3/q+3. The Morgan fingerprint density at radius 2 is 0.838 bits per heavy atom. The fourth-order valence-corrected chi connectivity index (χ4v) is 6.00. The first-order chi connectivity index (χ1) is 18.2. The van der Waals surface area contributed by atoms with E-state index in [1.54, 1.807) is 0 Å². The molecule has 0 spiro atoms. The molecule has 0 saturated heterocycles. The van der Waals surface area contributed by atoms with Crippen molar-refractivity contribution in [2.45, 2.75) is 20.1 Å². The van der Waals surface area contributed by atoms with Crippen molar-refractivity contribution in [2.75, 3.05) is 0 Å². The Bertz CT molecular complexity index is 1600. The zero-order valence-corrected chi connectivity index (χ0v) is 21.0. The molecule has 176 valence electrons. The predicted molar refractivity (Wildman–Crippen MR) is 149 cm³/mol. The third-order valence-electron chi connectivity index (χ3n) is 7.68. The number of para-hydroxylation sites is 2. The third-order valence-corrected chi connectivity index (χ3v) is 7.68. The third kappa shape index (κ3) is 3.24. The van der Waals surface area contributed by atoms with Crippen LogP contribution in [0.4, 0.5) is 11.4 Å². The number of rotatable bonds is 4. The molecule has 3 heteroatoms. The van der Waals surface area contributed by atoms with Gasteiger partial charge >= 0.3 is 6.29 Å². The molecule has 1 aromatic heterocycles. The molecule has 2 aliphatic heterocycles. The second kappa shape index (κ2) is 8.49. The topological polar surface area (TPSA) is 9.90 Å². The lowest BCUT2D eigenvalue weighted by molar-refractivity contribution is -0.967. The Labute approximate surface area is 217 Å². The smallest absolute Gasteiger partial charge is 0.0648 e. The Morgan fingerprint density at radius 1 is 0.432 bits per heavy atom. The van der Waals surface area contributed by atoms with Crippen LogP contribution >= 0.6 is 0 Å². The van der Waals surface area contributed by atoms with Crippen molar-refractivity contribution in [3.05, 3.63) is 139 Å². The minimum absolute atomic E-state index is 0.0269. The van der Waals surface area contributed by atoms with E-state index in [4.69, 9.17) is 0 Å². The molecule has 0 radical (unpaired) electrons. The summed E-state index contributed by atoms with van der Waals surface area (Å²) >= 11 is 0. The summed E-state index contributed by atoms with van der Waals surface area (Å²) in [7, 11) is 0. The van der Waals surface area contributed by atoms with Gasteiger partial charge in [-0.3, -0.25) is 0 Å². The summed E-state index contributed by atoms with van der Waals surface area (Å²) in [5, 5.41) is 0. The molecule has 0 atom stereocenters. The van der Waals surface area contributed by atoms with Crippen LogP contribution in [0.2, 0.25) is 0 Å². The quantitative estimate of drug-likeness (QED) is 0.244. The average Bonchev–Trinajstić information content (AvgIpc) is 3.42. The van der Waals surface area contributed by atoms with Crippen LogP contribution in [0.15, 0.2) is 127 Å². The van der Waals surface area contributed by atoms with Crippen LogP contribution in [0.5, 0.6) is 0 Å². The van der Waals surface area contributed by atoms with Gasteiger partial charge < -0.3 is 0 Å². The summed E-state index contributed by atoms with van der Waals surface area (Å²) in [6, 6.07) is 45.7. The van der Waals surface area contributed by atoms with Crippen molar-refractivity contribution in [3.63, 3.8) is 0 Å². The summed E-state index contributed by atoms with van der Waals surface area (Å²) < 4.78 is 7.52. The first-order valence-electron chi connectivity index (χ1n) is 12.8. The second-order valence-electron chi connectivity index (χ2n) is 9.69. The van der Waals surface area contributed by atoms with Gasteiger partial charge in [-0.1, -0.05) is 98.6 Å². The number of aromatic nitrogens is 1. The van der Waals surface area contributed by atoms with Crippen molar-refractivity contribution < 1.29 is 13.7 Å². The van der Waals surface area contributed by atoms with Crippen LogP contribution < -0.4 is 4.57 Å². The molecule has 7 rings (SSSR count). The first-order valence-corrected chi connectivity index (χ1v) is 12.8. The molecule has 37 heavy (non-hydrogen) atoms. The van der Waals surface area contributed by atoms with E-state index in [0.717, 1.165) is 0 Å². The Kier molecular flexibility index (Phi) is 4.97. The molecule has 0 aliphatic carbocycles. The number of hydrogen-bond acceptors (Lipinski definition) is 0. The van der Waals surface area contributed by atoms with Crippen LogP contribution in [0.25, 0.3) is 22.3 Å². The van der Waals surface area contributed by atoms with Gasteiger partial charge in [0, 0.05) is 38.1 Å². The highest BCUT2D eigenvalue weighted by atomic mass is 15.5. The van der Waals surface area contributed by atoms with E-state index in [9.17, 15) is 0 Å². The van der Waals surface area contributed by atoms with E-state index in [0.29, 0.717) is 0 Å². The highest BCUT2D eigenvalue weighted by Gasteiger charge is 2.61. The van der Waals surface area contributed by atoms with Crippen LogP contribution in [0.1, 0.15) is 31.5 Å². The maximum atomic E-state index is 2.51. The minimum atomic E-state index is -0.0269. The zero-order valence-electron chi connectivity index (χ0n) is 21.0. The highest BCUT2D eigenvalue weighted by Crippen LogP contribution is 2.40. The Hall–Kier alpha value is -4.63.